The first-order valence-electron chi connectivity index (χ1n) is 5.57. The summed E-state index contributed by atoms with van der Waals surface area (Å²) in [6, 6.07) is 3.30. The molecule has 0 aliphatic rings. The van der Waals surface area contributed by atoms with Crippen LogP contribution in [-0.4, -0.2) is 19.1 Å². The summed E-state index contributed by atoms with van der Waals surface area (Å²) in [5.74, 6) is -0.131. The Balaban J connectivity index is 3.20. The zero-order chi connectivity index (χ0) is 14.6. The van der Waals surface area contributed by atoms with Gasteiger partial charge in [-0.25, -0.2) is 13.6 Å². The molecule has 0 saturated heterocycles. The molecule has 0 bridgehead atoms. The van der Waals surface area contributed by atoms with Gasteiger partial charge in [0.05, 0.1) is 9.82 Å². The van der Waals surface area contributed by atoms with Gasteiger partial charge in [0.1, 0.15) is 5.78 Å². The molecule has 0 unspecified atom stereocenters. The van der Waals surface area contributed by atoms with E-state index < -0.39 is 20.6 Å². The lowest BCUT2D eigenvalue weighted by molar-refractivity contribution is -0.385. The van der Waals surface area contributed by atoms with Crippen LogP contribution in [0.5, 0.6) is 0 Å². The minimum absolute atomic E-state index is 0.0882. The van der Waals surface area contributed by atoms with E-state index in [1.165, 1.54) is 6.07 Å². The standard InChI is InChI=1S/C11H14N2O5S/c1-2-3-9(14)6-8-4-5-10(19(12,17)18)7-11(8)13(15)16/h4-5,7H,2-3,6H2,1H3,(H2,12,17,18). The van der Waals surface area contributed by atoms with Crippen molar-refractivity contribution in [2.45, 2.75) is 31.1 Å². The van der Waals surface area contributed by atoms with E-state index in [9.17, 15) is 23.3 Å². The summed E-state index contributed by atoms with van der Waals surface area (Å²) in [7, 11) is -4.00. The average Bonchev–Trinajstić information content (AvgIpc) is 2.27. The highest BCUT2D eigenvalue weighted by atomic mass is 32.2. The first-order chi connectivity index (χ1) is 8.75. The fraction of sp³-hybridized carbons (Fsp3) is 0.364. The molecule has 0 fully saturated rings. The molecule has 0 aromatic heterocycles. The Hall–Kier alpha value is -1.80. The second-order valence-electron chi connectivity index (χ2n) is 4.06. The normalized spacial score (nSPS) is 11.3. The number of nitro groups is 1. The first-order valence-corrected chi connectivity index (χ1v) is 7.12. The summed E-state index contributed by atoms with van der Waals surface area (Å²) < 4.78 is 22.3. The van der Waals surface area contributed by atoms with Crippen LogP contribution in [0.15, 0.2) is 23.1 Å². The minimum atomic E-state index is -4.00. The lowest BCUT2D eigenvalue weighted by atomic mass is 10.0. The number of nitro benzene ring substituents is 1. The zero-order valence-corrected chi connectivity index (χ0v) is 11.1. The van der Waals surface area contributed by atoms with Crippen molar-refractivity contribution in [3.8, 4) is 0 Å². The van der Waals surface area contributed by atoms with E-state index in [0.29, 0.717) is 12.8 Å². The van der Waals surface area contributed by atoms with Gasteiger partial charge >= 0.3 is 0 Å². The number of primary sulfonamides is 1. The summed E-state index contributed by atoms with van der Waals surface area (Å²) in [6.07, 6.45) is 0.894. The molecule has 0 aliphatic carbocycles. The van der Waals surface area contributed by atoms with Crippen LogP contribution in [0.2, 0.25) is 0 Å². The lowest BCUT2D eigenvalue weighted by Gasteiger charge is -2.04. The van der Waals surface area contributed by atoms with E-state index >= 15 is 0 Å². The maximum atomic E-state index is 11.5. The number of nitrogens with two attached hydrogens (primary N) is 1. The summed E-state index contributed by atoms with van der Waals surface area (Å²) in [6.45, 7) is 1.83. The van der Waals surface area contributed by atoms with Crippen LogP contribution >= 0.6 is 0 Å². The molecular weight excluding hydrogens is 272 g/mol. The van der Waals surface area contributed by atoms with Crippen LogP contribution in [0.4, 0.5) is 5.69 Å². The van der Waals surface area contributed by atoms with Gasteiger partial charge in [-0.1, -0.05) is 13.0 Å². The van der Waals surface area contributed by atoms with E-state index in [1.807, 2.05) is 6.92 Å². The van der Waals surface area contributed by atoms with Crippen LogP contribution in [0, 0.1) is 10.1 Å². The van der Waals surface area contributed by atoms with Gasteiger partial charge < -0.3 is 0 Å². The number of carbonyl (C=O) groups is 1. The van der Waals surface area contributed by atoms with Crippen molar-refractivity contribution in [2.24, 2.45) is 5.14 Å². The molecule has 0 saturated carbocycles. The number of ketones is 1. The molecule has 1 aromatic rings. The molecular formula is C11H14N2O5S. The van der Waals surface area contributed by atoms with E-state index in [4.69, 9.17) is 5.14 Å². The first kappa shape index (κ1) is 15.3. The van der Waals surface area contributed by atoms with Crippen LogP contribution in [0.25, 0.3) is 0 Å². The molecule has 0 radical (unpaired) electrons. The molecule has 0 amide bonds. The van der Waals surface area contributed by atoms with Gasteiger partial charge in [-0.05, 0) is 12.5 Å². The van der Waals surface area contributed by atoms with E-state index in [-0.39, 0.29) is 22.7 Å². The summed E-state index contributed by atoms with van der Waals surface area (Å²) >= 11 is 0. The highest BCUT2D eigenvalue weighted by Gasteiger charge is 2.20. The Labute approximate surface area is 110 Å². The Bertz CT molecular complexity index is 610. The number of Topliss-reactive ketones (excluding diaryl/α,β-unsaturated/α-hetero) is 1. The van der Waals surface area contributed by atoms with Crippen LogP contribution in [-0.2, 0) is 21.2 Å². The van der Waals surface area contributed by atoms with Gasteiger partial charge in [-0.2, -0.15) is 0 Å². The largest absolute Gasteiger partial charge is 0.299 e. The van der Waals surface area contributed by atoms with Crippen molar-refractivity contribution in [3.05, 3.63) is 33.9 Å². The third-order valence-electron chi connectivity index (χ3n) is 2.50. The SMILES string of the molecule is CCCC(=O)Cc1ccc(S(N)(=O)=O)cc1[N+](=O)[O-]. The zero-order valence-electron chi connectivity index (χ0n) is 10.3. The van der Waals surface area contributed by atoms with Crippen molar-refractivity contribution in [2.75, 3.05) is 0 Å². The van der Waals surface area contributed by atoms with Gasteiger partial charge in [0, 0.05) is 24.5 Å². The average molecular weight is 286 g/mol. The van der Waals surface area contributed by atoms with Crippen molar-refractivity contribution in [3.63, 3.8) is 0 Å². The smallest absolute Gasteiger partial charge is 0.274 e. The molecule has 0 atom stereocenters. The summed E-state index contributed by atoms with van der Waals surface area (Å²) in [5.41, 5.74) is -0.216. The number of carbonyl (C=O) groups excluding carboxylic acids is 1. The molecule has 19 heavy (non-hydrogen) atoms. The second-order valence-corrected chi connectivity index (χ2v) is 5.62. The van der Waals surface area contributed by atoms with Gasteiger partial charge in [-0.3, -0.25) is 14.9 Å². The molecule has 0 spiro atoms. The number of hydrogen-bond acceptors (Lipinski definition) is 5. The number of hydrogen-bond donors (Lipinski definition) is 1. The molecule has 104 valence electrons. The van der Waals surface area contributed by atoms with Crippen molar-refractivity contribution >= 4 is 21.5 Å². The highest BCUT2D eigenvalue weighted by molar-refractivity contribution is 7.89. The predicted molar refractivity (Wildman–Crippen MR) is 68.1 cm³/mol. The molecule has 8 heteroatoms. The maximum absolute atomic E-state index is 11.5. The van der Waals surface area contributed by atoms with Crippen molar-refractivity contribution in [1.82, 2.24) is 0 Å². The predicted octanol–water partition coefficient (Wildman–Crippen LogP) is 1.15. The quantitative estimate of drug-likeness (QED) is 0.621. The fourth-order valence-electron chi connectivity index (χ4n) is 1.62. The number of sulfonamides is 1. The number of nitrogens with zero attached hydrogens (tertiary/aromatic N) is 1. The van der Waals surface area contributed by atoms with Crippen molar-refractivity contribution < 1.29 is 18.1 Å². The minimum Gasteiger partial charge on any atom is -0.299 e. The maximum Gasteiger partial charge on any atom is 0.274 e. The molecule has 1 rings (SSSR count). The Morgan fingerprint density at radius 1 is 1.42 bits per heavy atom. The Morgan fingerprint density at radius 3 is 2.53 bits per heavy atom. The van der Waals surface area contributed by atoms with E-state index in [1.54, 1.807) is 0 Å². The second kappa shape index (κ2) is 5.89. The van der Waals surface area contributed by atoms with Gasteiger partial charge in [0.2, 0.25) is 10.0 Å². The Kier molecular flexibility index (Phi) is 4.73. The van der Waals surface area contributed by atoms with Crippen LogP contribution in [0.3, 0.4) is 0 Å². The summed E-state index contributed by atoms with van der Waals surface area (Å²) in [4.78, 5) is 21.3. The molecule has 7 nitrogen and oxygen atoms in total. The van der Waals surface area contributed by atoms with Gasteiger partial charge in [-0.15, -0.1) is 0 Å². The van der Waals surface area contributed by atoms with Crippen molar-refractivity contribution in [1.29, 1.82) is 0 Å². The van der Waals surface area contributed by atoms with Crippen LogP contribution < -0.4 is 5.14 Å². The van der Waals surface area contributed by atoms with E-state index in [0.717, 1.165) is 12.1 Å². The third kappa shape index (κ3) is 4.11. The van der Waals surface area contributed by atoms with Gasteiger partial charge in [0.15, 0.2) is 0 Å². The number of rotatable bonds is 6. The summed E-state index contributed by atoms with van der Waals surface area (Å²) in [5, 5.41) is 15.8. The highest BCUT2D eigenvalue weighted by Crippen LogP contribution is 2.23. The monoisotopic (exact) mass is 286 g/mol. The third-order valence-corrected chi connectivity index (χ3v) is 3.41. The molecule has 0 heterocycles. The number of benzene rings is 1. The fourth-order valence-corrected chi connectivity index (χ4v) is 2.15. The lowest BCUT2D eigenvalue weighted by Crippen LogP contribution is -2.13. The van der Waals surface area contributed by atoms with Gasteiger partial charge in [0.25, 0.3) is 5.69 Å². The topological polar surface area (TPSA) is 120 Å². The van der Waals surface area contributed by atoms with Crippen LogP contribution in [0.1, 0.15) is 25.3 Å². The molecule has 0 aliphatic heterocycles. The Morgan fingerprint density at radius 2 is 2.05 bits per heavy atom. The molecule has 1 aromatic carbocycles. The van der Waals surface area contributed by atoms with E-state index in [2.05, 4.69) is 0 Å². The molecule has 2 N–H and O–H groups in total.